The standard InChI is InChI=1S/C22H28ClFO2/c1-11-7-15-13-8-18(24)16-9-19(26)17(23)10-22(16,4)14(13)5-6-21(15,3)20(11)12(2)25/h9-11,13-15,18,20H,5-8H2,1-4H3/t11-,13-,14+,15+,18+,20-,21+,22-/m1/s1. The van der Waals surface area contributed by atoms with Gasteiger partial charge in [0.2, 0.25) is 0 Å². The first-order valence-electron chi connectivity index (χ1n) is 9.89. The van der Waals surface area contributed by atoms with Gasteiger partial charge >= 0.3 is 0 Å². The Morgan fingerprint density at radius 3 is 2.62 bits per heavy atom. The first-order valence-corrected chi connectivity index (χ1v) is 10.3. The van der Waals surface area contributed by atoms with Crippen LogP contribution in [0.25, 0.3) is 0 Å². The van der Waals surface area contributed by atoms with Crippen LogP contribution in [0.3, 0.4) is 0 Å². The lowest BCUT2D eigenvalue weighted by Gasteiger charge is -2.57. The van der Waals surface area contributed by atoms with Crippen LogP contribution in [0.1, 0.15) is 53.4 Å². The SMILES string of the molecule is CC(=O)[C@H]1[C@H](C)C[C@H]2[C@@H]3C[C@H](F)C4=CC(=O)C(Cl)=C[C@]4(C)[C@H]3CC[C@@]21C. The van der Waals surface area contributed by atoms with E-state index in [1.165, 1.54) is 6.08 Å². The molecule has 0 aromatic rings. The summed E-state index contributed by atoms with van der Waals surface area (Å²) in [6.07, 6.45) is 5.60. The third-order valence-corrected chi connectivity index (χ3v) is 8.67. The Morgan fingerprint density at radius 2 is 1.96 bits per heavy atom. The normalized spacial score (nSPS) is 50.3. The molecule has 26 heavy (non-hydrogen) atoms. The molecule has 4 rings (SSSR count). The van der Waals surface area contributed by atoms with Crippen molar-refractivity contribution >= 4 is 23.2 Å². The topological polar surface area (TPSA) is 34.1 Å². The molecule has 3 fully saturated rings. The van der Waals surface area contributed by atoms with Crippen LogP contribution in [0, 0.1) is 40.4 Å². The molecule has 4 aliphatic carbocycles. The smallest absolute Gasteiger partial charge is 0.196 e. The fraction of sp³-hybridized carbons (Fsp3) is 0.727. The van der Waals surface area contributed by atoms with Gasteiger partial charge in [0, 0.05) is 11.3 Å². The van der Waals surface area contributed by atoms with Crippen molar-refractivity contribution in [1.29, 1.82) is 0 Å². The molecule has 8 atom stereocenters. The molecular weight excluding hydrogens is 351 g/mol. The number of hydrogen-bond acceptors (Lipinski definition) is 2. The zero-order valence-corrected chi connectivity index (χ0v) is 16.8. The molecule has 0 heterocycles. The number of carbonyl (C=O) groups is 2. The molecule has 0 saturated heterocycles. The van der Waals surface area contributed by atoms with Crippen molar-refractivity contribution in [2.24, 2.45) is 40.4 Å². The van der Waals surface area contributed by atoms with Gasteiger partial charge in [0.1, 0.15) is 12.0 Å². The second kappa shape index (κ2) is 5.77. The Balaban J connectivity index is 1.76. The lowest BCUT2D eigenvalue weighted by atomic mass is 9.47. The molecule has 142 valence electrons. The molecule has 4 aliphatic rings. The van der Waals surface area contributed by atoms with E-state index in [1.54, 1.807) is 6.92 Å². The lowest BCUT2D eigenvalue weighted by Crippen LogP contribution is -2.53. The number of allylic oxidation sites excluding steroid dienone is 4. The average molecular weight is 379 g/mol. The highest BCUT2D eigenvalue weighted by atomic mass is 35.5. The van der Waals surface area contributed by atoms with Gasteiger partial charge in [-0.3, -0.25) is 9.59 Å². The number of ketones is 2. The Morgan fingerprint density at radius 1 is 1.27 bits per heavy atom. The van der Waals surface area contributed by atoms with Crippen LogP contribution in [-0.4, -0.2) is 17.7 Å². The van der Waals surface area contributed by atoms with Gasteiger partial charge in [-0.15, -0.1) is 0 Å². The number of hydrogen-bond donors (Lipinski definition) is 0. The molecule has 0 radical (unpaired) electrons. The molecule has 0 N–H and O–H groups in total. The molecule has 4 heteroatoms. The van der Waals surface area contributed by atoms with Crippen LogP contribution in [0.5, 0.6) is 0 Å². The third-order valence-electron chi connectivity index (χ3n) is 8.38. The van der Waals surface area contributed by atoms with Crippen LogP contribution in [0.2, 0.25) is 0 Å². The highest BCUT2D eigenvalue weighted by Crippen LogP contribution is 2.67. The fourth-order valence-electron chi connectivity index (χ4n) is 7.49. The summed E-state index contributed by atoms with van der Waals surface area (Å²) in [7, 11) is 0. The monoisotopic (exact) mass is 378 g/mol. The van der Waals surface area contributed by atoms with Crippen LogP contribution >= 0.6 is 11.6 Å². The van der Waals surface area contributed by atoms with Gasteiger partial charge in [0.15, 0.2) is 5.78 Å². The Bertz CT molecular complexity index is 740. The van der Waals surface area contributed by atoms with E-state index < -0.39 is 11.6 Å². The van der Waals surface area contributed by atoms with Gasteiger partial charge in [-0.25, -0.2) is 4.39 Å². The number of rotatable bonds is 1. The minimum atomic E-state index is -1.10. The summed E-state index contributed by atoms with van der Waals surface area (Å²) in [5.41, 5.74) is 0.111. The molecule has 0 aromatic heterocycles. The minimum Gasteiger partial charge on any atom is -0.300 e. The van der Waals surface area contributed by atoms with Crippen molar-refractivity contribution in [3.8, 4) is 0 Å². The van der Waals surface area contributed by atoms with Crippen LogP contribution in [-0.2, 0) is 9.59 Å². The van der Waals surface area contributed by atoms with E-state index in [-0.39, 0.29) is 33.8 Å². The Kier molecular flexibility index (Phi) is 4.08. The summed E-state index contributed by atoms with van der Waals surface area (Å²) in [6.45, 7) is 8.22. The molecule has 3 saturated carbocycles. The van der Waals surface area contributed by atoms with Gasteiger partial charge in [-0.05, 0) is 73.3 Å². The number of fused-ring (bicyclic) bond motifs is 5. The quantitative estimate of drug-likeness (QED) is 0.623. The summed E-state index contributed by atoms with van der Waals surface area (Å²) in [5, 5.41) is 0.221. The van der Waals surface area contributed by atoms with Crippen LogP contribution < -0.4 is 0 Å². The Labute approximate surface area is 160 Å². The van der Waals surface area contributed by atoms with E-state index in [1.807, 2.05) is 6.08 Å². The van der Waals surface area contributed by atoms with Crippen LogP contribution in [0.15, 0.2) is 22.8 Å². The molecule has 0 spiro atoms. The van der Waals surface area contributed by atoms with Gasteiger partial charge < -0.3 is 0 Å². The van der Waals surface area contributed by atoms with Gasteiger partial charge in [-0.1, -0.05) is 38.4 Å². The highest BCUT2D eigenvalue weighted by molar-refractivity contribution is 6.44. The molecule has 2 nitrogen and oxygen atoms in total. The number of carbonyl (C=O) groups excluding carboxylic acids is 2. The largest absolute Gasteiger partial charge is 0.300 e. The molecule has 0 bridgehead atoms. The second-order valence-corrected chi connectivity index (χ2v) is 10.1. The third kappa shape index (κ3) is 2.28. The van der Waals surface area contributed by atoms with Crippen molar-refractivity contribution in [2.75, 3.05) is 0 Å². The predicted molar refractivity (Wildman–Crippen MR) is 100 cm³/mol. The molecule has 0 unspecified atom stereocenters. The van der Waals surface area contributed by atoms with E-state index in [9.17, 15) is 9.59 Å². The minimum absolute atomic E-state index is 0.0261. The van der Waals surface area contributed by atoms with E-state index in [0.717, 1.165) is 19.3 Å². The zero-order chi connectivity index (χ0) is 19.0. The fourth-order valence-corrected chi connectivity index (χ4v) is 7.77. The summed E-state index contributed by atoms with van der Waals surface area (Å²) in [5.74, 6) is 1.36. The maximum atomic E-state index is 15.2. The maximum Gasteiger partial charge on any atom is 0.196 e. The number of Topliss-reactive ketones (excluding diaryl/α,β-unsaturated/α-hetero) is 1. The van der Waals surface area contributed by atoms with Crippen molar-refractivity contribution in [3.63, 3.8) is 0 Å². The van der Waals surface area contributed by atoms with Gasteiger partial charge in [0.25, 0.3) is 0 Å². The molecule has 0 aromatic carbocycles. The summed E-state index contributed by atoms with van der Waals surface area (Å²) < 4.78 is 15.2. The summed E-state index contributed by atoms with van der Waals surface area (Å²) in [4.78, 5) is 24.4. The molecule has 0 aliphatic heterocycles. The first-order chi connectivity index (χ1) is 12.1. The molecule has 0 amide bonds. The van der Waals surface area contributed by atoms with Gasteiger partial charge in [0.05, 0.1) is 5.03 Å². The van der Waals surface area contributed by atoms with Crippen molar-refractivity contribution in [1.82, 2.24) is 0 Å². The van der Waals surface area contributed by atoms with Gasteiger partial charge in [-0.2, -0.15) is 0 Å². The first kappa shape index (κ1) is 18.4. The highest BCUT2D eigenvalue weighted by Gasteiger charge is 2.62. The predicted octanol–water partition coefficient (Wildman–Crippen LogP) is 5.26. The average Bonchev–Trinajstić information content (AvgIpc) is 2.81. The van der Waals surface area contributed by atoms with Crippen LogP contribution in [0.4, 0.5) is 4.39 Å². The van der Waals surface area contributed by atoms with E-state index in [0.29, 0.717) is 29.7 Å². The number of halogens is 2. The van der Waals surface area contributed by atoms with Crippen molar-refractivity contribution in [3.05, 3.63) is 22.8 Å². The summed E-state index contributed by atoms with van der Waals surface area (Å²) >= 11 is 6.18. The number of alkyl halides is 1. The Hall–Kier alpha value is -0.960. The lowest BCUT2D eigenvalue weighted by molar-refractivity contribution is -0.129. The van der Waals surface area contributed by atoms with E-state index >= 15 is 4.39 Å². The van der Waals surface area contributed by atoms with Crippen molar-refractivity contribution in [2.45, 2.75) is 59.5 Å². The summed E-state index contributed by atoms with van der Waals surface area (Å²) in [6, 6.07) is 0. The van der Waals surface area contributed by atoms with E-state index in [2.05, 4.69) is 20.8 Å². The van der Waals surface area contributed by atoms with E-state index in [4.69, 9.17) is 11.6 Å². The zero-order valence-electron chi connectivity index (χ0n) is 16.0. The second-order valence-electron chi connectivity index (χ2n) is 9.66. The molecular formula is C22H28ClFO2. The maximum absolute atomic E-state index is 15.2. The van der Waals surface area contributed by atoms with Crippen molar-refractivity contribution < 1.29 is 14.0 Å².